The Hall–Kier alpha value is -1.10. The van der Waals surface area contributed by atoms with Crippen LogP contribution in [0.5, 0.6) is 0 Å². The molecule has 1 amide bonds. The van der Waals surface area contributed by atoms with Gasteiger partial charge in [0, 0.05) is 25.9 Å². The van der Waals surface area contributed by atoms with Crippen molar-refractivity contribution in [3.05, 3.63) is 0 Å². The predicted octanol–water partition coefficient (Wildman–Crippen LogP) is 0.254. The maximum absolute atomic E-state index is 11.3. The second-order valence-electron chi connectivity index (χ2n) is 3.96. The zero-order valence-electron chi connectivity index (χ0n) is 10.6. The van der Waals surface area contributed by atoms with Crippen molar-refractivity contribution in [3.63, 3.8) is 0 Å². The van der Waals surface area contributed by atoms with E-state index in [0.717, 1.165) is 13.0 Å². The van der Waals surface area contributed by atoms with Crippen molar-refractivity contribution in [1.29, 1.82) is 0 Å². The summed E-state index contributed by atoms with van der Waals surface area (Å²) in [7, 11) is 4.96. The highest BCUT2D eigenvalue weighted by atomic mass is 16.5. The van der Waals surface area contributed by atoms with Gasteiger partial charge in [0.15, 0.2) is 0 Å². The van der Waals surface area contributed by atoms with E-state index in [4.69, 9.17) is 0 Å². The summed E-state index contributed by atoms with van der Waals surface area (Å²) in [5, 5.41) is 2.61. The Morgan fingerprint density at radius 1 is 1.44 bits per heavy atom. The maximum Gasteiger partial charge on any atom is 0.305 e. The average Bonchev–Trinajstić information content (AvgIpc) is 2.27. The third kappa shape index (κ3) is 6.40. The number of carbonyl (C=O) groups excluding carboxylic acids is 2. The first-order chi connectivity index (χ1) is 7.51. The summed E-state index contributed by atoms with van der Waals surface area (Å²) in [6.07, 6.45) is 1.18. The summed E-state index contributed by atoms with van der Waals surface area (Å²) in [5.74, 6) is -0.180. The fourth-order valence-electron chi connectivity index (χ4n) is 1.48. The van der Waals surface area contributed by atoms with Crippen LogP contribution in [0.25, 0.3) is 0 Å². The minimum Gasteiger partial charge on any atom is -0.469 e. The quantitative estimate of drug-likeness (QED) is 0.637. The Morgan fingerprint density at radius 2 is 2.06 bits per heavy atom. The average molecular weight is 230 g/mol. The van der Waals surface area contributed by atoms with Crippen molar-refractivity contribution >= 4 is 11.9 Å². The van der Waals surface area contributed by atoms with E-state index in [9.17, 15) is 9.59 Å². The summed E-state index contributed by atoms with van der Waals surface area (Å²) in [4.78, 5) is 24.2. The molecule has 0 aromatic heterocycles. The molecule has 0 heterocycles. The normalized spacial score (nSPS) is 12.3. The first kappa shape index (κ1) is 14.9. The summed E-state index contributed by atoms with van der Waals surface area (Å²) in [6, 6.07) is 0. The van der Waals surface area contributed by atoms with E-state index in [0.29, 0.717) is 13.0 Å². The fourth-order valence-corrected chi connectivity index (χ4v) is 1.48. The van der Waals surface area contributed by atoms with Crippen molar-refractivity contribution in [1.82, 2.24) is 10.2 Å². The summed E-state index contributed by atoms with van der Waals surface area (Å²) in [5.41, 5.74) is 0. The van der Waals surface area contributed by atoms with Crippen LogP contribution in [0, 0.1) is 5.92 Å². The molecule has 16 heavy (non-hydrogen) atoms. The number of amides is 1. The lowest BCUT2D eigenvalue weighted by Crippen LogP contribution is -2.34. The van der Waals surface area contributed by atoms with Gasteiger partial charge in [-0.2, -0.15) is 0 Å². The van der Waals surface area contributed by atoms with Crippen LogP contribution in [0.15, 0.2) is 0 Å². The highest BCUT2D eigenvalue weighted by Gasteiger charge is 2.13. The fraction of sp³-hybridized carbons (Fsp3) is 0.818. The van der Waals surface area contributed by atoms with E-state index in [1.807, 2.05) is 18.9 Å². The van der Waals surface area contributed by atoms with Gasteiger partial charge in [-0.15, -0.1) is 0 Å². The van der Waals surface area contributed by atoms with Gasteiger partial charge in [-0.05, 0) is 20.0 Å². The van der Waals surface area contributed by atoms with Crippen molar-refractivity contribution in [2.24, 2.45) is 5.92 Å². The molecule has 0 radical (unpaired) electrons. The minimum atomic E-state index is -0.187. The molecule has 0 aromatic rings. The monoisotopic (exact) mass is 230 g/mol. The molecule has 1 atom stereocenters. The van der Waals surface area contributed by atoms with E-state index >= 15 is 0 Å². The number of nitrogens with zero attached hydrogens (tertiary/aromatic N) is 1. The Morgan fingerprint density at radius 3 is 2.56 bits per heavy atom. The van der Waals surface area contributed by atoms with Crippen LogP contribution in [0.1, 0.15) is 19.8 Å². The lowest BCUT2D eigenvalue weighted by atomic mass is 10.1. The number of rotatable bonds is 7. The van der Waals surface area contributed by atoms with Crippen molar-refractivity contribution in [2.45, 2.75) is 19.8 Å². The van der Waals surface area contributed by atoms with Crippen molar-refractivity contribution < 1.29 is 14.3 Å². The number of methoxy groups -OCH3 is 1. The number of ether oxygens (including phenoxy) is 1. The molecule has 0 aliphatic rings. The highest BCUT2D eigenvalue weighted by molar-refractivity contribution is 5.78. The SMILES string of the molecule is CNC(=O)C(C)CN(C)CCCC(=O)OC. The third-order valence-corrected chi connectivity index (χ3v) is 2.43. The third-order valence-electron chi connectivity index (χ3n) is 2.43. The largest absolute Gasteiger partial charge is 0.469 e. The lowest BCUT2D eigenvalue weighted by molar-refractivity contribution is -0.140. The molecule has 94 valence electrons. The predicted molar refractivity (Wildman–Crippen MR) is 62.0 cm³/mol. The molecule has 0 bridgehead atoms. The number of esters is 1. The highest BCUT2D eigenvalue weighted by Crippen LogP contribution is 2.00. The van der Waals surface area contributed by atoms with Crippen LogP contribution >= 0.6 is 0 Å². The van der Waals surface area contributed by atoms with Crippen molar-refractivity contribution in [2.75, 3.05) is 34.3 Å². The van der Waals surface area contributed by atoms with Gasteiger partial charge in [-0.1, -0.05) is 6.92 Å². The molecule has 5 heteroatoms. The van der Waals surface area contributed by atoms with E-state index < -0.39 is 0 Å². The van der Waals surface area contributed by atoms with Crippen LogP contribution < -0.4 is 5.32 Å². The van der Waals surface area contributed by atoms with Gasteiger partial charge in [0.1, 0.15) is 0 Å². The summed E-state index contributed by atoms with van der Waals surface area (Å²) in [6.45, 7) is 3.37. The molecular formula is C11H22N2O3. The maximum atomic E-state index is 11.3. The molecule has 0 aliphatic heterocycles. The van der Waals surface area contributed by atoms with Crippen LogP contribution in [0.4, 0.5) is 0 Å². The standard InChI is InChI=1S/C11H22N2O3/c1-9(11(15)12-2)8-13(3)7-5-6-10(14)16-4/h9H,5-8H2,1-4H3,(H,12,15). The van der Waals surface area contributed by atoms with Gasteiger partial charge in [-0.25, -0.2) is 0 Å². The molecule has 0 aliphatic carbocycles. The van der Waals surface area contributed by atoms with Gasteiger partial charge in [0.05, 0.1) is 7.11 Å². The zero-order chi connectivity index (χ0) is 12.6. The topological polar surface area (TPSA) is 58.6 Å². The van der Waals surface area contributed by atoms with E-state index in [-0.39, 0.29) is 17.8 Å². The van der Waals surface area contributed by atoms with Gasteiger partial charge >= 0.3 is 5.97 Å². The second kappa shape index (κ2) is 8.10. The lowest BCUT2D eigenvalue weighted by Gasteiger charge is -2.19. The molecule has 1 N–H and O–H groups in total. The Kier molecular flexibility index (Phi) is 7.54. The molecule has 0 saturated heterocycles. The number of hydrogen-bond donors (Lipinski definition) is 1. The zero-order valence-corrected chi connectivity index (χ0v) is 10.6. The van der Waals surface area contributed by atoms with Gasteiger partial charge < -0.3 is 15.0 Å². The Balaban J connectivity index is 3.69. The van der Waals surface area contributed by atoms with E-state index in [1.54, 1.807) is 7.05 Å². The Labute approximate surface area is 97.1 Å². The molecule has 0 fully saturated rings. The van der Waals surface area contributed by atoms with Crippen LogP contribution in [0.2, 0.25) is 0 Å². The molecular weight excluding hydrogens is 208 g/mol. The minimum absolute atomic E-state index is 0.0341. The molecule has 0 saturated carbocycles. The van der Waals surface area contributed by atoms with Gasteiger partial charge in [0.2, 0.25) is 5.91 Å². The molecule has 1 unspecified atom stereocenters. The number of hydrogen-bond acceptors (Lipinski definition) is 4. The number of carbonyl (C=O) groups is 2. The smallest absolute Gasteiger partial charge is 0.305 e. The van der Waals surface area contributed by atoms with Crippen LogP contribution in [-0.2, 0) is 14.3 Å². The van der Waals surface area contributed by atoms with E-state index in [1.165, 1.54) is 7.11 Å². The molecule has 0 rings (SSSR count). The molecule has 0 aromatic carbocycles. The van der Waals surface area contributed by atoms with Crippen LogP contribution in [-0.4, -0.2) is 51.1 Å². The van der Waals surface area contributed by atoms with Gasteiger partial charge in [-0.3, -0.25) is 9.59 Å². The first-order valence-electron chi connectivity index (χ1n) is 5.48. The van der Waals surface area contributed by atoms with E-state index in [2.05, 4.69) is 10.1 Å². The Bertz CT molecular complexity index is 231. The second-order valence-corrected chi connectivity index (χ2v) is 3.96. The molecule has 5 nitrogen and oxygen atoms in total. The number of nitrogens with one attached hydrogen (secondary N) is 1. The van der Waals surface area contributed by atoms with Crippen molar-refractivity contribution in [3.8, 4) is 0 Å². The summed E-state index contributed by atoms with van der Waals surface area (Å²) < 4.78 is 4.55. The molecule has 0 spiro atoms. The van der Waals surface area contributed by atoms with Crippen LogP contribution in [0.3, 0.4) is 0 Å². The first-order valence-corrected chi connectivity index (χ1v) is 5.48. The van der Waals surface area contributed by atoms with Gasteiger partial charge in [0.25, 0.3) is 0 Å². The summed E-state index contributed by atoms with van der Waals surface area (Å²) >= 11 is 0.